The average molecular weight is 377 g/mol. The molecule has 1 aromatic heterocycles. The second-order valence-electron chi connectivity index (χ2n) is 5.37. The van der Waals surface area contributed by atoms with Crippen molar-refractivity contribution in [2.75, 3.05) is 18.4 Å². The quantitative estimate of drug-likeness (QED) is 0.474. The van der Waals surface area contributed by atoms with Crippen LogP contribution in [0.2, 0.25) is 5.02 Å². The van der Waals surface area contributed by atoms with Gasteiger partial charge in [-0.05, 0) is 37.1 Å². The molecule has 0 saturated carbocycles. The lowest BCUT2D eigenvalue weighted by Gasteiger charge is -2.20. The topological polar surface area (TPSA) is 105 Å². The number of nitro benzene ring substituents is 1. The Morgan fingerprint density at radius 3 is 2.58 bits per heavy atom. The Labute approximate surface area is 154 Å². The molecule has 0 spiro atoms. The monoisotopic (exact) mass is 376 g/mol. The molecule has 1 N–H and O–H groups in total. The van der Waals surface area contributed by atoms with Crippen LogP contribution >= 0.6 is 11.6 Å². The summed E-state index contributed by atoms with van der Waals surface area (Å²) in [5, 5.41) is 13.3. The second kappa shape index (κ2) is 8.91. The third-order valence-corrected chi connectivity index (χ3v) is 4.02. The number of nitrogens with zero attached hydrogens (tertiary/aromatic N) is 3. The fourth-order valence-corrected chi connectivity index (χ4v) is 2.42. The van der Waals surface area contributed by atoms with Crippen molar-refractivity contribution in [2.24, 2.45) is 0 Å². The number of benzene rings is 1. The molecule has 0 radical (unpaired) electrons. The number of halogens is 1. The maximum Gasteiger partial charge on any atom is 0.313 e. The first-order chi connectivity index (χ1) is 12.4. The van der Waals surface area contributed by atoms with Gasteiger partial charge >= 0.3 is 11.8 Å². The van der Waals surface area contributed by atoms with Gasteiger partial charge in [-0.2, -0.15) is 0 Å². The maximum atomic E-state index is 12.4. The summed E-state index contributed by atoms with van der Waals surface area (Å²) in [6, 6.07) is 7.29. The standard InChI is InChI=1S/C17H17ClN4O4/c1-2-21(10-7-12-5-8-19-9-6-12)17(24)16(23)20-15-11-13(22(25)26)3-4-14(15)18/h3-6,8-9,11H,2,7,10H2,1H3,(H,20,23). The highest BCUT2D eigenvalue weighted by molar-refractivity contribution is 6.41. The SMILES string of the molecule is CCN(CCc1ccncc1)C(=O)C(=O)Nc1cc([N+](=O)[O-])ccc1Cl. The molecule has 1 aromatic carbocycles. The first kappa shape index (κ1) is 19.3. The summed E-state index contributed by atoms with van der Waals surface area (Å²) >= 11 is 5.94. The van der Waals surface area contributed by atoms with Crippen LogP contribution in [0.25, 0.3) is 0 Å². The van der Waals surface area contributed by atoms with Crippen LogP contribution in [0.15, 0.2) is 42.7 Å². The second-order valence-corrected chi connectivity index (χ2v) is 5.77. The van der Waals surface area contributed by atoms with Crippen LogP contribution in [0.4, 0.5) is 11.4 Å². The smallest absolute Gasteiger partial charge is 0.313 e. The summed E-state index contributed by atoms with van der Waals surface area (Å²) in [5.41, 5.74) is 0.778. The zero-order chi connectivity index (χ0) is 19.1. The predicted molar refractivity (Wildman–Crippen MR) is 96.9 cm³/mol. The zero-order valence-electron chi connectivity index (χ0n) is 14.0. The van der Waals surface area contributed by atoms with E-state index in [1.54, 1.807) is 19.3 Å². The zero-order valence-corrected chi connectivity index (χ0v) is 14.8. The Morgan fingerprint density at radius 1 is 1.27 bits per heavy atom. The number of hydrogen-bond donors (Lipinski definition) is 1. The average Bonchev–Trinajstić information content (AvgIpc) is 2.64. The molecule has 26 heavy (non-hydrogen) atoms. The minimum atomic E-state index is -0.899. The minimum absolute atomic E-state index is 0.0180. The van der Waals surface area contributed by atoms with Gasteiger partial charge in [0.1, 0.15) is 0 Å². The Kier molecular flexibility index (Phi) is 6.62. The van der Waals surface area contributed by atoms with Gasteiger partial charge in [-0.1, -0.05) is 11.6 Å². The molecule has 0 fully saturated rings. The van der Waals surface area contributed by atoms with Crippen LogP contribution in [0.3, 0.4) is 0 Å². The molecule has 8 nitrogen and oxygen atoms in total. The van der Waals surface area contributed by atoms with E-state index in [0.29, 0.717) is 19.5 Å². The summed E-state index contributed by atoms with van der Waals surface area (Å²) in [6.07, 6.45) is 3.89. The van der Waals surface area contributed by atoms with E-state index in [9.17, 15) is 19.7 Å². The number of nitro groups is 1. The molecule has 2 rings (SSSR count). The third-order valence-electron chi connectivity index (χ3n) is 3.69. The number of non-ortho nitro benzene ring substituents is 1. The largest absolute Gasteiger partial charge is 0.334 e. The van der Waals surface area contributed by atoms with Crippen molar-refractivity contribution in [3.05, 3.63) is 63.4 Å². The summed E-state index contributed by atoms with van der Waals surface area (Å²) in [6.45, 7) is 2.47. The first-order valence-corrected chi connectivity index (χ1v) is 8.23. The number of aromatic nitrogens is 1. The molecule has 0 saturated heterocycles. The van der Waals surface area contributed by atoms with E-state index in [1.165, 1.54) is 17.0 Å². The Bertz CT molecular complexity index is 814. The van der Waals surface area contributed by atoms with Crippen LogP contribution in [-0.2, 0) is 16.0 Å². The number of hydrogen-bond acceptors (Lipinski definition) is 5. The highest BCUT2D eigenvalue weighted by Crippen LogP contribution is 2.26. The van der Waals surface area contributed by atoms with E-state index < -0.39 is 16.7 Å². The van der Waals surface area contributed by atoms with Crippen molar-refractivity contribution in [1.29, 1.82) is 0 Å². The fraction of sp³-hybridized carbons (Fsp3) is 0.235. The molecule has 0 atom stereocenters. The maximum absolute atomic E-state index is 12.4. The van der Waals surface area contributed by atoms with Crippen molar-refractivity contribution < 1.29 is 14.5 Å². The van der Waals surface area contributed by atoms with E-state index in [2.05, 4.69) is 10.3 Å². The molecule has 0 aliphatic heterocycles. The minimum Gasteiger partial charge on any atom is -0.334 e. The lowest BCUT2D eigenvalue weighted by molar-refractivity contribution is -0.384. The molecular weight excluding hydrogens is 360 g/mol. The number of likely N-dealkylation sites (N-methyl/N-ethyl adjacent to an activating group) is 1. The molecule has 0 bridgehead atoms. The third kappa shape index (κ3) is 5.00. The van der Waals surface area contributed by atoms with Crippen molar-refractivity contribution >= 4 is 34.8 Å². The van der Waals surface area contributed by atoms with Crippen LogP contribution in [0, 0.1) is 10.1 Å². The molecule has 0 unspecified atom stereocenters. The number of pyridine rings is 1. The van der Waals surface area contributed by atoms with Crippen LogP contribution in [-0.4, -0.2) is 39.7 Å². The van der Waals surface area contributed by atoms with Crippen LogP contribution < -0.4 is 5.32 Å². The van der Waals surface area contributed by atoms with Gasteiger partial charge in [0.15, 0.2) is 0 Å². The van der Waals surface area contributed by atoms with Crippen LogP contribution in [0.1, 0.15) is 12.5 Å². The predicted octanol–water partition coefficient (Wildman–Crippen LogP) is 2.67. The van der Waals surface area contributed by atoms with Gasteiger partial charge in [0.05, 0.1) is 15.6 Å². The Morgan fingerprint density at radius 2 is 1.96 bits per heavy atom. The number of carbonyl (C=O) groups excluding carboxylic acids is 2. The number of carbonyl (C=O) groups is 2. The molecule has 2 amide bonds. The van der Waals surface area contributed by atoms with Crippen LogP contribution in [0.5, 0.6) is 0 Å². The van der Waals surface area contributed by atoms with Gasteiger partial charge in [0.2, 0.25) is 0 Å². The van der Waals surface area contributed by atoms with Gasteiger partial charge in [0, 0.05) is 37.6 Å². The first-order valence-electron chi connectivity index (χ1n) is 7.85. The Balaban J connectivity index is 2.04. The number of amides is 2. The molecule has 0 aliphatic rings. The highest BCUT2D eigenvalue weighted by atomic mass is 35.5. The molecule has 2 aromatic rings. The van der Waals surface area contributed by atoms with Crippen molar-refractivity contribution in [3.63, 3.8) is 0 Å². The Hall–Kier alpha value is -3.00. The summed E-state index contributed by atoms with van der Waals surface area (Å²) in [7, 11) is 0. The van der Waals surface area contributed by atoms with E-state index in [-0.39, 0.29) is 16.4 Å². The summed E-state index contributed by atoms with van der Waals surface area (Å²) in [5.74, 6) is -1.63. The molecule has 1 heterocycles. The van der Waals surface area contributed by atoms with Gasteiger partial charge in [0.25, 0.3) is 5.69 Å². The van der Waals surface area contributed by atoms with Gasteiger partial charge in [-0.3, -0.25) is 24.7 Å². The molecule has 9 heteroatoms. The van der Waals surface area contributed by atoms with Gasteiger partial charge < -0.3 is 10.2 Å². The number of nitrogens with one attached hydrogen (secondary N) is 1. The van der Waals surface area contributed by atoms with Gasteiger partial charge in [-0.25, -0.2) is 0 Å². The van der Waals surface area contributed by atoms with E-state index in [0.717, 1.165) is 11.6 Å². The van der Waals surface area contributed by atoms with Gasteiger partial charge in [-0.15, -0.1) is 0 Å². The van der Waals surface area contributed by atoms with Crippen molar-refractivity contribution in [1.82, 2.24) is 9.88 Å². The molecule has 0 aliphatic carbocycles. The highest BCUT2D eigenvalue weighted by Gasteiger charge is 2.22. The van der Waals surface area contributed by atoms with E-state index in [4.69, 9.17) is 11.6 Å². The molecular formula is C17H17ClN4O4. The fourth-order valence-electron chi connectivity index (χ4n) is 2.26. The number of rotatable bonds is 6. The lowest BCUT2D eigenvalue weighted by Crippen LogP contribution is -2.40. The molecule has 136 valence electrons. The van der Waals surface area contributed by atoms with E-state index in [1.807, 2.05) is 12.1 Å². The van der Waals surface area contributed by atoms with Crippen molar-refractivity contribution in [2.45, 2.75) is 13.3 Å². The summed E-state index contributed by atoms with van der Waals surface area (Å²) in [4.78, 5) is 40.1. The lowest BCUT2D eigenvalue weighted by atomic mass is 10.2. The normalized spacial score (nSPS) is 10.2. The summed E-state index contributed by atoms with van der Waals surface area (Å²) < 4.78 is 0. The number of anilines is 1. The van der Waals surface area contributed by atoms with E-state index >= 15 is 0 Å². The van der Waals surface area contributed by atoms with Crippen molar-refractivity contribution in [3.8, 4) is 0 Å².